The molecule has 5 atom stereocenters. The second kappa shape index (κ2) is 12.2. The Kier molecular flexibility index (Phi) is 7.37. The van der Waals surface area contributed by atoms with Crippen LogP contribution in [0.15, 0.2) is 30.3 Å². The number of fused-ring (bicyclic) bond motifs is 1. The van der Waals surface area contributed by atoms with Gasteiger partial charge in [0.05, 0.1) is 14.0 Å². The van der Waals surface area contributed by atoms with E-state index in [1.54, 1.807) is 6.92 Å². The number of hydrogen-bond acceptors (Lipinski definition) is 6. The maximum atomic E-state index is 14.0. The lowest BCUT2D eigenvalue weighted by Gasteiger charge is -2.35. The van der Waals surface area contributed by atoms with Crippen LogP contribution in [-0.2, 0) is 30.5 Å². The molecule has 2 fully saturated rings. The molecule has 3 rings (SSSR count). The van der Waals surface area contributed by atoms with Gasteiger partial charge in [-0.2, -0.15) is 0 Å². The predicted molar refractivity (Wildman–Crippen MR) is 125 cm³/mol. The number of hydrogen-bond donors (Lipinski definition) is 1. The first-order valence-electron chi connectivity index (χ1n) is 14.0. The maximum Gasteiger partial charge on any atom is 0.329 e. The van der Waals surface area contributed by atoms with Crippen LogP contribution < -0.4 is 5.32 Å². The standard InChI is InChI=1S/C26H38N2O5/c1-4-11-21(25(30)32-5-2)27-18(3)24(29)28-22-15-10-9-14-20(22)16-23(28)26(31)33-17-19-12-7-6-8-13-19/h6-8,12-13,18,20-23,27H,4-5,9-11,14-17H2,1-3H3/t18?,20-,21-,22-,23-/m0/s1/i3D3,18D. The Balaban J connectivity index is 1.91. The monoisotopic (exact) mass is 462 g/mol. The van der Waals surface area contributed by atoms with Crippen molar-refractivity contribution in [3.63, 3.8) is 0 Å². The van der Waals surface area contributed by atoms with Gasteiger partial charge in [-0.05, 0) is 50.9 Å². The lowest BCUT2D eigenvalue weighted by atomic mass is 9.84. The third-order valence-corrected chi connectivity index (χ3v) is 6.50. The van der Waals surface area contributed by atoms with E-state index in [0.717, 1.165) is 24.8 Å². The molecule has 0 radical (unpaired) electrons. The molecule has 0 spiro atoms. The first-order valence-corrected chi connectivity index (χ1v) is 12.0. The SMILES string of the molecule is [2H]C([2H])([2H])C([2H])(N[C@@H](CCC)C(=O)OCC)C(=O)N1[C@H](C(=O)OCc2ccccc2)C[C@@H]2CCCC[C@@H]21. The van der Waals surface area contributed by atoms with Crippen molar-refractivity contribution in [3.8, 4) is 0 Å². The zero-order valence-electron chi connectivity index (χ0n) is 23.5. The molecule has 1 saturated heterocycles. The summed E-state index contributed by atoms with van der Waals surface area (Å²) in [5.41, 5.74) is 0.792. The van der Waals surface area contributed by atoms with Crippen LogP contribution in [0.4, 0.5) is 0 Å². The van der Waals surface area contributed by atoms with E-state index < -0.39 is 42.8 Å². The van der Waals surface area contributed by atoms with Crippen LogP contribution in [0.5, 0.6) is 0 Å². The van der Waals surface area contributed by atoms with Crippen LogP contribution in [0.3, 0.4) is 0 Å². The van der Waals surface area contributed by atoms with Gasteiger partial charge in [-0.1, -0.05) is 56.5 Å². The Hall–Kier alpha value is -2.41. The van der Waals surface area contributed by atoms with Gasteiger partial charge in [-0.25, -0.2) is 4.79 Å². The fraction of sp³-hybridized carbons (Fsp3) is 0.654. The average molecular weight is 463 g/mol. The van der Waals surface area contributed by atoms with Crippen LogP contribution in [0.1, 0.15) is 76.7 Å². The first kappa shape index (κ1) is 20.0. The van der Waals surface area contributed by atoms with Crippen LogP contribution in [0.2, 0.25) is 0 Å². The summed E-state index contributed by atoms with van der Waals surface area (Å²) in [5, 5.41) is 2.53. The number of amides is 1. The minimum atomic E-state index is -3.12. The number of nitrogens with one attached hydrogen (secondary N) is 1. The summed E-state index contributed by atoms with van der Waals surface area (Å²) in [6, 6.07) is 3.80. The van der Waals surface area contributed by atoms with Crippen molar-refractivity contribution in [2.75, 3.05) is 6.61 Å². The molecule has 1 aliphatic heterocycles. The maximum absolute atomic E-state index is 14.0. The second-order valence-electron chi connectivity index (χ2n) is 8.78. The van der Waals surface area contributed by atoms with Crippen molar-refractivity contribution in [1.82, 2.24) is 10.2 Å². The van der Waals surface area contributed by atoms with Crippen molar-refractivity contribution >= 4 is 17.8 Å². The summed E-state index contributed by atoms with van der Waals surface area (Å²) in [7, 11) is 0. The largest absolute Gasteiger partial charge is 0.465 e. The van der Waals surface area contributed by atoms with Gasteiger partial charge < -0.3 is 14.4 Å². The van der Waals surface area contributed by atoms with Crippen LogP contribution in [-0.4, -0.2) is 53.5 Å². The molecule has 1 aromatic carbocycles. The quantitative estimate of drug-likeness (QED) is 0.535. The van der Waals surface area contributed by atoms with Gasteiger partial charge in [0.25, 0.3) is 0 Å². The Morgan fingerprint density at radius 1 is 1.18 bits per heavy atom. The molecule has 182 valence electrons. The first-order chi connectivity index (χ1) is 17.5. The fourth-order valence-electron chi connectivity index (χ4n) is 4.93. The van der Waals surface area contributed by atoms with E-state index >= 15 is 0 Å². The van der Waals surface area contributed by atoms with Crippen molar-refractivity contribution in [2.45, 2.75) is 96.4 Å². The fourth-order valence-corrected chi connectivity index (χ4v) is 4.93. The molecule has 1 amide bonds. The predicted octanol–water partition coefficient (Wildman–Crippen LogP) is 3.60. The lowest BCUT2D eigenvalue weighted by molar-refractivity contribution is -0.157. The van der Waals surface area contributed by atoms with Gasteiger partial charge in [0.15, 0.2) is 0 Å². The van der Waals surface area contributed by atoms with Crippen LogP contribution in [0, 0.1) is 5.92 Å². The van der Waals surface area contributed by atoms with E-state index in [1.807, 2.05) is 37.3 Å². The highest BCUT2D eigenvalue weighted by Crippen LogP contribution is 2.40. The van der Waals surface area contributed by atoms with Crippen molar-refractivity contribution in [2.24, 2.45) is 5.92 Å². The highest BCUT2D eigenvalue weighted by atomic mass is 16.5. The smallest absolute Gasteiger partial charge is 0.329 e. The molecule has 2 aliphatic rings. The summed E-state index contributed by atoms with van der Waals surface area (Å²) in [6.07, 6.45) is 4.28. The number of ether oxygens (including phenoxy) is 2. The molecular weight excluding hydrogens is 420 g/mol. The van der Waals surface area contributed by atoms with Crippen molar-refractivity contribution < 1.29 is 29.3 Å². The van der Waals surface area contributed by atoms with Crippen LogP contribution in [0.25, 0.3) is 0 Å². The lowest BCUT2D eigenvalue weighted by Crippen LogP contribution is -2.55. The Labute approximate surface area is 202 Å². The normalized spacial score (nSPS) is 27.1. The summed E-state index contributed by atoms with van der Waals surface area (Å²) in [5.74, 6) is -2.35. The molecule has 7 heteroatoms. The zero-order valence-corrected chi connectivity index (χ0v) is 19.5. The Bertz CT molecular complexity index is 945. The molecule has 1 unspecified atom stereocenters. The minimum absolute atomic E-state index is 0.0179. The highest BCUT2D eigenvalue weighted by molar-refractivity contribution is 5.89. The van der Waals surface area contributed by atoms with E-state index in [1.165, 1.54) is 4.90 Å². The number of esters is 2. The van der Waals surface area contributed by atoms with E-state index in [-0.39, 0.29) is 31.6 Å². The third kappa shape index (κ3) is 6.34. The van der Waals surface area contributed by atoms with E-state index in [2.05, 4.69) is 5.32 Å². The molecule has 1 aliphatic carbocycles. The summed E-state index contributed by atoms with van der Waals surface area (Å²) in [4.78, 5) is 41.1. The third-order valence-electron chi connectivity index (χ3n) is 6.50. The molecule has 1 N–H and O–H groups in total. The van der Waals surface area contributed by atoms with E-state index in [9.17, 15) is 14.4 Å². The van der Waals surface area contributed by atoms with Crippen molar-refractivity contribution in [1.29, 1.82) is 0 Å². The summed E-state index contributed by atoms with van der Waals surface area (Å²) < 4.78 is 43.9. The summed E-state index contributed by atoms with van der Waals surface area (Å²) in [6.45, 7) is 0.427. The zero-order chi connectivity index (χ0) is 27.2. The topological polar surface area (TPSA) is 84.9 Å². The summed E-state index contributed by atoms with van der Waals surface area (Å²) >= 11 is 0. The van der Waals surface area contributed by atoms with Gasteiger partial charge in [-0.15, -0.1) is 0 Å². The van der Waals surface area contributed by atoms with Gasteiger partial charge in [0.1, 0.15) is 18.7 Å². The number of carbonyl (C=O) groups excluding carboxylic acids is 3. The average Bonchev–Trinajstić information content (AvgIpc) is 3.26. The Morgan fingerprint density at radius 3 is 2.64 bits per heavy atom. The molecule has 33 heavy (non-hydrogen) atoms. The van der Waals surface area contributed by atoms with Gasteiger partial charge in [0, 0.05) is 10.2 Å². The van der Waals surface area contributed by atoms with Gasteiger partial charge >= 0.3 is 11.9 Å². The van der Waals surface area contributed by atoms with E-state index in [0.29, 0.717) is 19.3 Å². The molecule has 1 saturated carbocycles. The number of nitrogens with zero attached hydrogens (tertiary/aromatic N) is 1. The minimum Gasteiger partial charge on any atom is -0.465 e. The molecule has 7 nitrogen and oxygen atoms in total. The molecule has 0 bridgehead atoms. The number of rotatable bonds is 10. The van der Waals surface area contributed by atoms with Crippen molar-refractivity contribution in [3.05, 3.63) is 35.9 Å². The number of carbonyl (C=O) groups is 3. The molecule has 0 aromatic heterocycles. The van der Waals surface area contributed by atoms with Crippen LogP contribution >= 0.6 is 0 Å². The highest BCUT2D eigenvalue weighted by Gasteiger charge is 2.49. The second-order valence-corrected chi connectivity index (χ2v) is 8.78. The number of likely N-dealkylation sites (tertiary alicyclic amines) is 1. The van der Waals surface area contributed by atoms with Gasteiger partial charge in [0.2, 0.25) is 5.91 Å². The van der Waals surface area contributed by atoms with Gasteiger partial charge in [-0.3, -0.25) is 14.9 Å². The molecule has 1 aromatic rings. The number of benzene rings is 1. The van der Waals surface area contributed by atoms with E-state index in [4.69, 9.17) is 15.0 Å². The molecular formula is C26H38N2O5. The Morgan fingerprint density at radius 2 is 1.94 bits per heavy atom. The molecule has 1 heterocycles.